The zero-order valence-corrected chi connectivity index (χ0v) is 14.2. The monoisotopic (exact) mass is 332 g/mol. The van der Waals surface area contributed by atoms with Crippen LogP contribution in [0.3, 0.4) is 0 Å². The highest BCUT2D eigenvalue weighted by Crippen LogP contribution is 2.22. The van der Waals surface area contributed by atoms with Crippen molar-refractivity contribution in [2.45, 2.75) is 51.2 Å². The summed E-state index contributed by atoms with van der Waals surface area (Å²) in [7, 11) is 0. The zero-order chi connectivity index (χ0) is 16.8. The molecule has 5 heteroatoms. The molecule has 2 N–H and O–H groups in total. The maximum atomic E-state index is 12.3. The molecule has 1 aliphatic heterocycles. The van der Waals surface area contributed by atoms with Gasteiger partial charge >= 0.3 is 6.03 Å². The third-order valence-corrected chi connectivity index (χ3v) is 5.06. The van der Waals surface area contributed by atoms with Gasteiger partial charge < -0.3 is 20.1 Å². The molecule has 1 saturated heterocycles. The molecule has 1 aromatic rings. The van der Waals surface area contributed by atoms with Crippen LogP contribution in [0, 0.1) is 5.92 Å². The Morgan fingerprint density at radius 1 is 1.17 bits per heavy atom. The molecule has 1 atom stereocenters. The van der Waals surface area contributed by atoms with E-state index < -0.39 is 0 Å². The number of amides is 2. The molecule has 24 heavy (non-hydrogen) atoms. The summed E-state index contributed by atoms with van der Waals surface area (Å²) >= 11 is 0. The van der Waals surface area contributed by atoms with Gasteiger partial charge in [-0.25, -0.2) is 4.79 Å². The number of ether oxygens (including phenoxy) is 1. The van der Waals surface area contributed by atoms with E-state index in [0.29, 0.717) is 19.3 Å². The molecule has 0 radical (unpaired) electrons. The fourth-order valence-electron chi connectivity index (χ4n) is 3.55. The summed E-state index contributed by atoms with van der Waals surface area (Å²) in [5.74, 6) is 0.208. The lowest BCUT2D eigenvalue weighted by molar-refractivity contribution is 0.0457. The average molecular weight is 332 g/mol. The van der Waals surface area contributed by atoms with Gasteiger partial charge in [0.1, 0.15) is 0 Å². The van der Waals surface area contributed by atoms with E-state index in [-0.39, 0.29) is 18.6 Å². The van der Waals surface area contributed by atoms with Gasteiger partial charge in [-0.3, -0.25) is 0 Å². The molecule has 1 aliphatic carbocycles. The second kappa shape index (κ2) is 8.49. The second-order valence-corrected chi connectivity index (χ2v) is 6.98. The third-order valence-electron chi connectivity index (χ3n) is 5.06. The molecule has 0 unspecified atom stereocenters. The van der Waals surface area contributed by atoms with Crippen molar-refractivity contribution in [3.63, 3.8) is 0 Å². The van der Waals surface area contributed by atoms with Gasteiger partial charge in [-0.2, -0.15) is 0 Å². The number of hydrogen-bond acceptors (Lipinski definition) is 3. The first-order chi connectivity index (χ1) is 11.7. The van der Waals surface area contributed by atoms with Gasteiger partial charge in [0.15, 0.2) is 0 Å². The van der Waals surface area contributed by atoms with E-state index in [1.165, 1.54) is 25.7 Å². The van der Waals surface area contributed by atoms with E-state index >= 15 is 0 Å². The quantitative estimate of drug-likeness (QED) is 0.869. The van der Waals surface area contributed by atoms with E-state index in [4.69, 9.17) is 4.74 Å². The number of carbonyl (C=O) groups excluding carboxylic acids is 1. The summed E-state index contributed by atoms with van der Waals surface area (Å²) in [4.78, 5) is 14.1. The maximum absolute atomic E-state index is 12.3. The van der Waals surface area contributed by atoms with Crippen LogP contribution in [0.4, 0.5) is 10.5 Å². The highest BCUT2D eigenvalue weighted by atomic mass is 16.5. The Hall–Kier alpha value is -1.59. The van der Waals surface area contributed by atoms with Crippen molar-refractivity contribution in [2.75, 3.05) is 25.0 Å². The number of urea groups is 1. The van der Waals surface area contributed by atoms with Gasteiger partial charge in [0.05, 0.1) is 12.7 Å². The van der Waals surface area contributed by atoms with Crippen LogP contribution in [0.15, 0.2) is 24.3 Å². The van der Waals surface area contributed by atoms with Gasteiger partial charge in [0.2, 0.25) is 0 Å². The largest absolute Gasteiger partial charge is 0.396 e. The maximum Gasteiger partial charge on any atom is 0.321 e. The molecule has 1 aromatic carbocycles. The van der Waals surface area contributed by atoms with Crippen LogP contribution >= 0.6 is 0 Å². The molecule has 2 fully saturated rings. The average Bonchev–Trinajstić information content (AvgIpc) is 3.15. The molecule has 2 aliphatic rings. The minimum absolute atomic E-state index is 0.0805. The predicted molar refractivity (Wildman–Crippen MR) is 93.9 cm³/mol. The van der Waals surface area contributed by atoms with Crippen LogP contribution < -0.4 is 5.32 Å². The molecular formula is C19H28N2O3. The molecule has 0 spiro atoms. The number of nitrogens with zero attached hydrogens (tertiary/aromatic N) is 1. The molecular weight excluding hydrogens is 304 g/mol. The number of likely N-dealkylation sites (tertiary alicyclic amines) is 1. The zero-order valence-electron chi connectivity index (χ0n) is 14.2. The number of aliphatic hydroxyl groups excluding tert-OH is 1. The molecule has 0 aromatic heterocycles. The first-order valence-electron chi connectivity index (χ1n) is 9.12. The highest BCUT2D eigenvalue weighted by molar-refractivity contribution is 5.89. The van der Waals surface area contributed by atoms with E-state index in [1.54, 1.807) is 4.90 Å². The van der Waals surface area contributed by atoms with Gasteiger partial charge in [-0.1, -0.05) is 25.0 Å². The van der Waals surface area contributed by atoms with Gasteiger partial charge in [0, 0.05) is 25.4 Å². The molecule has 132 valence electrons. The Balaban J connectivity index is 1.47. The number of piperidine rings is 1. The molecule has 0 bridgehead atoms. The predicted octanol–water partition coefficient (Wildman–Crippen LogP) is 3.38. The van der Waals surface area contributed by atoms with Crippen molar-refractivity contribution in [3.05, 3.63) is 29.8 Å². The number of benzene rings is 1. The van der Waals surface area contributed by atoms with Crippen molar-refractivity contribution >= 4 is 11.7 Å². The third kappa shape index (κ3) is 4.71. The first kappa shape index (κ1) is 17.2. The number of rotatable bonds is 5. The van der Waals surface area contributed by atoms with Crippen molar-refractivity contribution in [1.82, 2.24) is 4.90 Å². The summed E-state index contributed by atoms with van der Waals surface area (Å²) in [6.07, 6.45) is 7.29. The van der Waals surface area contributed by atoms with Crippen LogP contribution in [-0.4, -0.2) is 41.8 Å². The summed E-state index contributed by atoms with van der Waals surface area (Å²) in [6, 6.07) is 7.80. The second-order valence-electron chi connectivity index (χ2n) is 6.98. The van der Waals surface area contributed by atoms with Gasteiger partial charge in [-0.15, -0.1) is 0 Å². The van der Waals surface area contributed by atoms with E-state index in [1.807, 2.05) is 24.3 Å². The number of anilines is 1. The Labute approximate surface area is 144 Å². The molecule has 5 nitrogen and oxygen atoms in total. The van der Waals surface area contributed by atoms with Crippen LogP contribution in [0.2, 0.25) is 0 Å². The van der Waals surface area contributed by atoms with Gasteiger partial charge in [0.25, 0.3) is 0 Å². The molecule has 2 amide bonds. The number of aliphatic hydroxyl groups is 1. The fraction of sp³-hybridized carbons (Fsp3) is 0.632. The lowest BCUT2D eigenvalue weighted by Gasteiger charge is -2.31. The Morgan fingerprint density at radius 3 is 2.62 bits per heavy atom. The first-order valence-corrected chi connectivity index (χ1v) is 9.12. The SMILES string of the molecule is O=C(Nc1ccc(COC2CCCC2)cc1)N1CCC[C@@H](CO)C1. The number of carbonyl (C=O) groups is 1. The standard InChI is InChI=1S/C19H28N2O3/c22-13-16-4-3-11-21(12-16)19(23)20-17-9-7-15(8-10-17)14-24-18-5-1-2-6-18/h7-10,16,18,22H,1-6,11-14H2,(H,20,23)/t16-/m1/s1. The number of hydrogen-bond donors (Lipinski definition) is 2. The van der Waals surface area contributed by atoms with E-state index in [9.17, 15) is 9.90 Å². The van der Waals surface area contributed by atoms with Crippen LogP contribution in [-0.2, 0) is 11.3 Å². The smallest absolute Gasteiger partial charge is 0.321 e. The minimum Gasteiger partial charge on any atom is -0.396 e. The summed E-state index contributed by atoms with van der Waals surface area (Å²) in [6.45, 7) is 2.19. The van der Waals surface area contributed by atoms with Crippen LogP contribution in [0.5, 0.6) is 0 Å². The minimum atomic E-state index is -0.0805. The normalized spacial score (nSPS) is 21.9. The van der Waals surface area contributed by atoms with Crippen LogP contribution in [0.25, 0.3) is 0 Å². The Morgan fingerprint density at radius 2 is 1.92 bits per heavy atom. The number of nitrogens with one attached hydrogen (secondary N) is 1. The fourth-order valence-corrected chi connectivity index (χ4v) is 3.55. The van der Waals surface area contributed by atoms with E-state index in [2.05, 4.69) is 5.32 Å². The van der Waals surface area contributed by atoms with Crippen molar-refractivity contribution in [1.29, 1.82) is 0 Å². The molecule has 1 heterocycles. The molecule has 3 rings (SSSR count). The van der Waals surface area contributed by atoms with Gasteiger partial charge in [-0.05, 0) is 49.3 Å². The Bertz CT molecular complexity index is 526. The topological polar surface area (TPSA) is 61.8 Å². The Kier molecular flexibility index (Phi) is 6.10. The lowest BCUT2D eigenvalue weighted by Crippen LogP contribution is -2.43. The highest BCUT2D eigenvalue weighted by Gasteiger charge is 2.23. The van der Waals surface area contributed by atoms with Crippen molar-refractivity contribution < 1.29 is 14.6 Å². The summed E-state index contributed by atoms with van der Waals surface area (Å²) < 4.78 is 5.91. The van der Waals surface area contributed by atoms with Crippen molar-refractivity contribution in [3.8, 4) is 0 Å². The summed E-state index contributed by atoms with van der Waals surface area (Å²) in [5.41, 5.74) is 1.94. The lowest BCUT2D eigenvalue weighted by atomic mass is 9.99. The van der Waals surface area contributed by atoms with Crippen LogP contribution in [0.1, 0.15) is 44.1 Å². The van der Waals surface area contributed by atoms with Crippen molar-refractivity contribution in [2.24, 2.45) is 5.92 Å². The van der Waals surface area contributed by atoms with E-state index in [0.717, 1.165) is 30.6 Å². The summed E-state index contributed by atoms with van der Waals surface area (Å²) in [5, 5.41) is 12.2. The molecule has 1 saturated carbocycles.